The van der Waals surface area contributed by atoms with Gasteiger partial charge in [0.05, 0.1) is 11.4 Å². The van der Waals surface area contributed by atoms with Crippen LogP contribution in [0, 0.1) is 6.92 Å². The second-order valence-corrected chi connectivity index (χ2v) is 5.32. The Morgan fingerprint density at radius 2 is 2.17 bits per heavy atom. The van der Waals surface area contributed by atoms with Crippen molar-refractivity contribution in [3.05, 3.63) is 16.4 Å². The van der Waals surface area contributed by atoms with Crippen LogP contribution in [-0.2, 0) is 0 Å². The number of aryl methyl sites for hydroxylation is 1. The van der Waals surface area contributed by atoms with Crippen molar-refractivity contribution in [3.8, 4) is 0 Å². The molecule has 0 fully saturated rings. The molecule has 0 atom stereocenters. The third kappa shape index (κ3) is 2.33. The average Bonchev–Trinajstić information content (AvgIpc) is 2.85. The molecule has 2 aromatic heterocycles. The van der Waals surface area contributed by atoms with Gasteiger partial charge in [0.15, 0.2) is 5.69 Å². The Hall–Kier alpha value is -1.96. The number of nitrogens with zero attached hydrogens (tertiary/aromatic N) is 3. The quantitative estimate of drug-likeness (QED) is 0.780. The largest absolute Gasteiger partial charge is 0.395 e. The fraction of sp³-hybridized carbons (Fsp3) is 0.400. The van der Waals surface area contributed by atoms with Crippen LogP contribution in [0.2, 0.25) is 0 Å². The molecule has 96 valence electrons. The van der Waals surface area contributed by atoms with Gasteiger partial charge in [-0.05, 0) is 12.8 Å². The molecule has 0 spiro atoms. The van der Waals surface area contributed by atoms with E-state index in [1.807, 2.05) is 20.8 Å². The molecule has 0 aromatic carbocycles. The predicted octanol–water partition coefficient (Wildman–Crippen LogP) is 1.53. The predicted molar refractivity (Wildman–Crippen MR) is 69.7 cm³/mol. The number of nitrogen functional groups attached to an aromatic ring is 1. The molecule has 0 unspecified atom stereocenters. The molecule has 0 aliphatic heterocycles. The van der Waals surface area contributed by atoms with Crippen LogP contribution < -0.4 is 11.1 Å². The zero-order chi connectivity index (χ0) is 13.3. The zero-order valence-corrected chi connectivity index (χ0v) is 11.1. The normalized spacial score (nSPS) is 10.9. The molecule has 0 aliphatic rings. The van der Waals surface area contributed by atoms with E-state index in [4.69, 9.17) is 5.73 Å². The number of anilines is 2. The molecule has 0 aliphatic carbocycles. The van der Waals surface area contributed by atoms with Gasteiger partial charge in [0, 0.05) is 0 Å². The van der Waals surface area contributed by atoms with E-state index < -0.39 is 0 Å². The minimum atomic E-state index is -0.383. The van der Waals surface area contributed by atoms with Crippen LogP contribution in [0.3, 0.4) is 0 Å². The lowest BCUT2D eigenvalue weighted by molar-refractivity contribution is 0.102. The summed E-state index contributed by atoms with van der Waals surface area (Å²) in [6, 6.07) is 0. The van der Waals surface area contributed by atoms with Crippen molar-refractivity contribution >= 4 is 28.1 Å². The summed E-state index contributed by atoms with van der Waals surface area (Å²) in [5, 5.41) is 18.2. The number of H-pyrrole nitrogens is 1. The standard InChI is InChI=1S/C10H14N6OS/c1-4(2)7-6(11)8(15-14-7)9(17)12-10-16-13-5(3)18-10/h4H,11H2,1-3H3,(H,14,15)(H,12,16,17). The second-order valence-electron chi connectivity index (χ2n) is 4.13. The van der Waals surface area contributed by atoms with Crippen molar-refractivity contribution < 1.29 is 4.79 Å². The molecule has 2 aromatic rings. The van der Waals surface area contributed by atoms with Crippen molar-refractivity contribution in [2.45, 2.75) is 26.7 Å². The summed E-state index contributed by atoms with van der Waals surface area (Å²) >= 11 is 1.30. The minimum absolute atomic E-state index is 0.183. The molecular weight excluding hydrogens is 252 g/mol. The summed E-state index contributed by atoms with van der Waals surface area (Å²) in [5.74, 6) is -0.199. The minimum Gasteiger partial charge on any atom is -0.395 e. The maximum atomic E-state index is 11.9. The highest BCUT2D eigenvalue weighted by atomic mass is 32.1. The molecule has 7 nitrogen and oxygen atoms in total. The van der Waals surface area contributed by atoms with Gasteiger partial charge in [0.2, 0.25) is 5.13 Å². The second kappa shape index (κ2) is 4.73. The summed E-state index contributed by atoms with van der Waals surface area (Å²) in [5.41, 5.74) is 7.20. The molecular formula is C10H14N6OS. The summed E-state index contributed by atoms with van der Waals surface area (Å²) in [7, 11) is 0. The summed E-state index contributed by atoms with van der Waals surface area (Å²) < 4.78 is 0. The highest BCUT2D eigenvalue weighted by Crippen LogP contribution is 2.23. The van der Waals surface area contributed by atoms with Crippen molar-refractivity contribution in [2.24, 2.45) is 0 Å². The van der Waals surface area contributed by atoms with Gasteiger partial charge in [-0.15, -0.1) is 10.2 Å². The first kappa shape index (κ1) is 12.5. The monoisotopic (exact) mass is 266 g/mol. The van der Waals surface area contributed by atoms with Gasteiger partial charge in [0.1, 0.15) is 5.01 Å². The van der Waals surface area contributed by atoms with Gasteiger partial charge in [-0.3, -0.25) is 15.2 Å². The van der Waals surface area contributed by atoms with E-state index in [0.717, 1.165) is 10.7 Å². The van der Waals surface area contributed by atoms with Gasteiger partial charge in [-0.2, -0.15) is 5.10 Å². The number of nitrogens with one attached hydrogen (secondary N) is 2. The lowest BCUT2D eigenvalue weighted by Crippen LogP contribution is -2.14. The maximum absolute atomic E-state index is 11.9. The number of aromatic nitrogens is 4. The Labute approximate surface area is 108 Å². The summed E-state index contributed by atoms with van der Waals surface area (Å²) in [6.45, 7) is 5.76. The van der Waals surface area contributed by atoms with Gasteiger partial charge in [0.25, 0.3) is 5.91 Å². The lowest BCUT2D eigenvalue weighted by atomic mass is 10.1. The van der Waals surface area contributed by atoms with E-state index in [1.165, 1.54) is 11.3 Å². The first-order chi connectivity index (χ1) is 8.49. The van der Waals surface area contributed by atoms with E-state index in [1.54, 1.807) is 0 Å². The SMILES string of the molecule is Cc1nnc(NC(=O)c2n[nH]c(C(C)C)c2N)s1. The fourth-order valence-corrected chi connectivity index (χ4v) is 2.07. The molecule has 0 bridgehead atoms. The number of carbonyl (C=O) groups is 1. The number of hydrogen-bond donors (Lipinski definition) is 3. The Kier molecular flexibility index (Phi) is 3.28. The van der Waals surface area contributed by atoms with Crippen LogP contribution in [0.25, 0.3) is 0 Å². The molecule has 4 N–H and O–H groups in total. The van der Waals surface area contributed by atoms with Gasteiger partial charge in [-0.1, -0.05) is 25.2 Å². The number of nitrogens with two attached hydrogens (primary N) is 1. The zero-order valence-electron chi connectivity index (χ0n) is 10.3. The van der Waals surface area contributed by atoms with Crippen LogP contribution >= 0.6 is 11.3 Å². The third-order valence-corrected chi connectivity index (χ3v) is 3.13. The van der Waals surface area contributed by atoms with Crippen molar-refractivity contribution in [1.29, 1.82) is 0 Å². The smallest absolute Gasteiger partial charge is 0.280 e. The Morgan fingerprint density at radius 3 is 2.67 bits per heavy atom. The first-order valence-electron chi connectivity index (χ1n) is 5.44. The topological polar surface area (TPSA) is 110 Å². The van der Waals surface area contributed by atoms with Gasteiger partial charge >= 0.3 is 0 Å². The van der Waals surface area contributed by atoms with Crippen LogP contribution in [0.15, 0.2) is 0 Å². The number of amides is 1. The van der Waals surface area contributed by atoms with E-state index >= 15 is 0 Å². The van der Waals surface area contributed by atoms with Crippen LogP contribution in [0.4, 0.5) is 10.8 Å². The molecule has 0 radical (unpaired) electrons. The van der Waals surface area contributed by atoms with E-state index in [2.05, 4.69) is 25.7 Å². The highest BCUT2D eigenvalue weighted by Gasteiger charge is 2.19. The van der Waals surface area contributed by atoms with Crippen LogP contribution in [0.1, 0.15) is 41.0 Å². The van der Waals surface area contributed by atoms with Crippen molar-refractivity contribution in [3.63, 3.8) is 0 Å². The van der Waals surface area contributed by atoms with Crippen molar-refractivity contribution in [1.82, 2.24) is 20.4 Å². The fourth-order valence-electron chi connectivity index (χ4n) is 1.48. The Bertz CT molecular complexity index is 573. The van der Waals surface area contributed by atoms with Crippen LogP contribution in [-0.4, -0.2) is 26.3 Å². The molecule has 2 rings (SSSR count). The Balaban J connectivity index is 2.19. The summed E-state index contributed by atoms with van der Waals surface area (Å²) in [4.78, 5) is 11.9. The van der Waals surface area contributed by atoms with E-state index in [9.17, 15) is 4.79 Å². The Morgan fingerprint density at radius 1 is 1.44 bits per heavy atom. The highest BCUT2D eigenvalue weighted by molar-refractivity contribution is 7.15. The number of hydrogen-bond acceptors (Lipinski definition) is 6. The van der Waals surface area contributed by atoms with Crippen molar-refractivity contribution in [2.75, 3.05) is 11.1 Å². The number of carbonyl (C=O) groups excluding carboxylic acids is 1. The molecule has 0 saturated heterocycles. The number of aromatic amines is 1. The molecule has 2 heterocycles. The third-order valence-electron chi connectivity index (χ3n) is 2.37. The molecule has 18 heavy (non-hydrogen) atoms. The van der Waals surface area contributed by atoms with E-state index in [-0.39, 0.29) is 17.5 Å². The van der Waals surface area contributed by atoms with E-state index in [0.29, 0.717) is 10.8 Å². The molecule has 0 saturated carbocycles. The molecule has 1 amide bonds. The van der Waals surface area contributed by atoms with Gasteiger partial charge in [-0.25, -0.2) is 0 Å². The van der Waals surface area contributed by atoms with Gasteiger partial charge < -0.3 is 5.73 Å². The lowest BCUT2D eigenvalue weighted by Gasteiger charge is -2.02. The molecule has 8 heteroatoms. The van der Waals surface area contributed by atoms with Crippen LogP contribution in [0.5, 0.6) is 0 Å². The first-order valence-corrected chi connectivity index (χ1v) is 6.26. The average molecular weight is 266 g/mol. The summed E-state index contributed by atoms with van der Waals surface area (Å²) in [6.07, 6.45) is 0. The maximum Gasteiger partial charge on any atom is 0.280 e. The number of rotatable bonds is 3.